The standard InChI is InChI=1S/C27H36O5S/c1-2-3-4-5-6-7-8-9-10-11-12-13-16-25(24(28)15-14-17-26(29)30)33-23-20-18-22(19-21-23)27(31)32/h6-7,9-13,16,18-21,24-25,28H,2-5,8,14-15,17H2,1H3,(H,29,30)(H,31,32)/b7-6-,10-9-,12-11-,16-13-/t24-,25-/m1/s1. The maximum Gasteiger partial charge on any atom is 0.335 e. The van der Waals surface area contributed by atoms with Crippen molar-refractivity contribution in [3.05, 3.63) is 78.4 Å². The van der Waals surface area contributed by atoms with Gasteiger partial charge in [-0.25, -0.2) is 4.79 Å². The van der Waals surface area contributed by atoms with Crippen molar-refractivity contribution >= 4 is 23.7 Å². The molecule has 0 bridgehead atoms. The van der Waals surface area contributed by atoms with Gasteiger partial charge in [-0.2, -0.15) is 0 Å². The normalized spacial score (nSPS) is 14.0. The molecule has 6 heteroatoms. The van der Waals surface area contributed by atoms with Gasteiger partial charge in [-0.1, -0.05) is 68.4 Å². The van der Waals surface area contributed by atoms with E-state index in [4.69, 9.17) is 10.2 Å². The van der Waals surface area contributed by atoms with Crippen LogP contribution >= 0.6 is 11.8 Å². The van der Waals surface area contributed by atoms with Crippen LogP contribution in [-0.2, 0) is 4.79 Å². The molecule has 0 fully saturated rings. The summed E-state index contributed by atoms with van der Waals surface area (Å²) < 4.78 is 0. The number of aliphatic hydroxyl groups excluding tert-OH is 1. The zero-order chi connectivity index (χ0) is 24.3. The van der Waals surface area contributed by atoms with Gasteiger partial charge >= 0.3 is 11.9 Å². The second-order valence-corrected chi connectivity index (χ2v) is 8.92. The number of unbranched alkanes of at least 4 members (excludes halogenated alkanes) is 3. The van der Waals surface area contributed by atoms with Crippen molar-refractivity contribution in [2.75, 3.05) is 0 Å². The van der Waals surface area contributed by atoms with Gasteiger partial charge in [0.05, 0.1) is 16.9 Å². The molecule has 0 aliphatic heterocycles. The van der Waals surface area contributed by atoms with Crippen molar-refractivity contribution in [2.24, 2.45) is 0 Å². The van der Waals surface area contributed by atoms with Crippen molar-refractivity contribution in [1.82, 2.24) is 0 Å². The largest absolute Gasteiger partial charge is 0.481 e. The number of allylic oxidation sites excluding steroid dienone is 7. The van der Waals surface area contributed by atoms with E-state index < -0.39 is 18.0 Å². The highest BCUT2D eigenvalue weighted by Gasteiger charge is 2.18. The smallest absolute Gasteiger partial charge is 0.335 e. The predicted octanol–water partition coefficient (Wildman–Crippen LogP) is 6.66. The molecule has 0 saturated heterocycles. The van der Waals surface area contributed by atoms with Gasteiger partial charge in [-0.3, -0.25) is 4.79 Å². The minimum absolute atomic E-state index is 0.0171. The molecule has 0 saturated carbocycles. The van der Waals surface area contributed by atoms with Gasteiger partial charge in [-0.15, -0.1) is 11.8 Å². The lowest BCUT2D eigenvalue weighted by atomic mass is 10.1. The third kappa shape index (κ3) is 14.2. The first-order valence-electron chi connectivity index (χ1n) is 11.5. The minimum Gasteiger partial charge on any atom is -0.481 e. The number of aliphatic hydroxyl groups is 1. The van der Waals surface area contributed by atoms with E-state index in [1.807, 2.05) is 30.4 Å². The Morgan fingerprint density at radius 1 is 0.939 bits per heavy atom. The van der Waals surface area contributed by atoms with E-state index in [1.54, 1.807) is 12.1 Å². The zero-order valence-electron chi connectivity index (χ0n) is 19.3. The SMILES string of the molecule is CCCCC/C=C\C\C=C/C=C\C=C/[C@@H](Sc1ccc(C(=O)O)cc1)[C@H](O)CCCC(=O)O. The molecule has 2 atom stereocenters. The van der Waals surface area contributed by atoms with Crippen LogP contribution in [0.1, 0.15) is 68.6 Å². The number of hydrogen-bond acceptors (Lipinski definition) is 4. The second-order valence-electron chi connectivity index (χ2n) is 7.67. The molecule has 0 aromatic heterocycles. The van der Waals surface area contributed by atoms with Gasteiger partial charge in [0.2, 0.25) is 0 Å². The highest BCUT2D eigenvalue weighted by atomic mass is 32.2. The molecule has 0 spiro atoms. The van der Waals surface area contributed by atoms with E-state index in [2.05, 4.69) is 25.2 Å². The average molecular weight is 473 g/mol. The van der Waals surface area contributed by atoms with Crippen LogP contribution in [0.25, 0.3) is 0 Å². The van der Waals surface area contributed by atoms with E-state index >= 15 is 0 Å². The average Bonchev–Trinajstić information content (AvgIpc) is 2.79. The van der Waals surface area contributed by atoms with Crippen LogP contribution in [0.4, 0.5) is 0 Å². The molecule has 0 heterocycles. The molecule has 1 aromatic rings. The number of aliphatic carboxylic acids is 1. The Hall–Kier alpha value is -2.57. The van der Waals surface area contributed by atoms with Crippen molar-refractivity contribution in [2.45, 2.75) is 74.5 Å². The maximum absolute atomic E-state index is 11.0. The summed E-state index contributed by atoms with van der Waals surface area (Å²) in [5.41, 5.74) is 0.207. The summed E-state index contributed by atoms with van der Waals surface area (Å²) in [6.45, 7) is 2.20. The number of carboxylic acid groups (broad SMARTS) is 2. The summed E-state index contributed by atoms with van der Waals surface area (Å²) in [6, 6.07) is 6.50. The molecule has 33 heavy (non-hydrogen) atoms. The number of rotatable bonds is 17. The highest BCUT2D eigenvalue weighted by Crippen LogP contribution is 2.28. The zero-order valence-corrected chi connectivity index (χ0v) is 20.1. The lowest BCUT2D eigenvalue weighted by Crippen LogP contribution is -2.21. The van der Waals surface area contributed by atoms with Crippen LogP contribution in [-0.4, -0.2) is 38.6 Å². The molecule has 0 unspecified atom stereocenters. The maximum atomic E-state index is 11.0. The van der Waals surface area contributed by atoms with Crippen molar-refractivity contribution in [3.8, 4) is 0 Å². The Morgan fingerprint density at radius 2 is 1.67 bits per heavy atom. The summed E-state index contributed by atoms with van der Waals surface area (Å²) in [7, 11) is 0. The summed E-state index contributed by atoms with van der Waals surface area (Å²) in [4.78, 5) is 22.6. The lowest BCUT2D eigenvalue weighted by Gasteiger charge is -2.19. The van der Waals surface area contributed by atoms with Crippen molar-refractivity contribution in [3.63, 3.8) is 0 Å². The molecule has 0 radical (unpaired) electrons. The predicted molar refractivity (Wildman–Crippen MR) is 136 cm³/mol. The van der Waals surface area contributed by atoms with Crippen LogP contribution in [0.15, 0.2) is 77.8 Å². The number of aromatic carboxylic acids is 1. The fourth-order valence-electron chi connectivity index (χ4n) is 2.97. The van der Waals surface area contributed by atoms with Gasteiger partial charge < -0.3 is 15.3 Å². The van der Waals surface area contributed by atoms with Gasteiger partial charge in [0.1, 0.15) is 0 Å². The van der Waals surface area contributed by atoms with E-state index in [9.17, 15) is 14.7 Å². The molecule has 0 amide bonds. The van der Waals surface area contributed by atoms with E-state index in [1.165, 1.54) is 43.2 Å². The third-order valence-corrected chi connectivity index (χ3v) is 6.11. The van der Waals surface area contributed by atoms with Crippen molar-refractivity contribution < 1.29 is 24.9 Å². The number of hydrogen-bond donors (Lipinski definition) is 3. The third-order valence-electron chi connectivity index (χ3n) is 4.83. The molecular weight excluding hydrogens is 436 g/mol. The van der Waals surface area contributed by atoms with Crippen LogP contribution < -0.4 is 0 Å². The highest BCUT2D eigenvalue weighted by molar-refractivity contribution is 8.00. The van der Waals surface area contributed by atoms with Crippen LogP contribution in [0.5, 0.6) is 0 Å². The molecule has 180 valence electrons. The molecule has 3 N–H and O–H groups in total. The topological polar surface area (TPSA) is 94.8 Å². The monoisotopic (exact) mass is 472 g/mol. The van der Waals surface area contributed by atoms with Crippen LogP contribution in [0.3, 0.4) is 0 Å². The van der Waals surface area contributed by atoms with E-state index in [-0.39, 0.29) is 17.2 Å². The second kappa shape index (κ2) is 17.9. The molecular formula is C27H36O5S. The molecule has 1 rings (SSSR count). The molecule has 0 aliphatic carbocycles. The molecule has 0 aliphatic rings. The van der Waals surface area contributed by atoms with Crippen LogP contribution in [0, 0.1) is 0 Å². The number of carbonyl (C=O) groups is 2. The Labute approximate surface area is 201 Å². The Kier molecular flexibility index (Phi) is 15.5. The first-order chi connectivity index (χ1) is 15.9. The van der Waals surface area contributed by atoms with Gasteiger partial charge in [0.15, 0.2) is 0 Å². The lowest BCUT2D eigenvalue weighted by molar-refractivity contribution is -0.137. The summed E-state index contributed by atoms with van der Waals surface area (Å²) in [6.07, 6.45) is 21.9. The van der Waals surface area contributed by atoms with Gasteiger partial charge in [0, 0.05) is 11.3 Å². The van der Waals surface area contributed by atoms with Crippen molar-refractivity contribution in [1.29, 1.82) is 0 Å². The summed E-state index contributed by atoms with van der Waals surface area (Å²) in [5, 5.41) is 28.2. The van der Waals surface area contributed by atoms with Crippen LogP contribution in [0.2, 0.25) is 0 Å². The minimum atomic E-state index is -0.984. The quantitative estimate of drug-likeness (QED) is 0.102. The van der Waals surface area contributed by atoms with Gasteiger partial charge in [-0.05, 0) is 56.4 Å². The Balaban J connectivity index is 2.63. The molecule has 5 nitrogen and oxygen atoms in total. The Morgan fingerprint density at radius 3 is 2.33 bits per heavy atom. The number of benzene rings is 1. The first-order valence-corrected chi connectivity index (χ1v) is 12.4. The molecule has 1 aromatic carbocycles. The summed E-state index contributed by atoms with van der Waals surface area (Å²) >= 11 is 1.42. The fourth-order valence-corrected chi connectivity index (χ4v) is 4.04. The fraction of sp³-hybridized carbons (Fsp3) is 0.407. The number of carboxylic acids is 2. The van der Waals surface area contributed by atoms with E-state index in [0.29, 0.717) is 12.8 Å². The first kappa shape index (κ1) is 28.5. The summed E-state index contributed by atoms with van der Waals surface area (Å²) in [5.74, 6) is -1.86. The Bertz CT molecular complexity index is 808. The number of thioether (sulfide) groups is 1. The van der Waals surface area contributed by atoms with E-state index in [0.717, 1.165) is 17.7 Å². The van der Waals surface area contributed by atoms with Gasteiger partial charge in [0.25, 0.3) is 0 Å².